The number of piperazine rings is 1. The first-order valence-corrected chi connectivity index (χ1v) is 11.2. The van der Waals surface area contributed by atoms with E-state index in [1.54, 1.807) is 30.6 Å². The number of nitrogens with zero attached hydrogens (tertiary/aromatic N) is 5. The van der Waals surface area contributed by atoms with Crippen molar-refractivity contribution in [1.82, 2.24) is 19.5 Å². The number of sulfonamides is 1. The quantitative estimate of drug-likeness (QED) is 0.622. The van der Waals surface area contributed by atoms with Crippen LogP contribution < -0.4 is 10.2 Å². The van der Waals surface area contributed by atoms with E-state index in [-0.39, 0.29) is 18.7 Å². The summed E-state index contributed by atoms with van der Waals surface area (Å²) in [6, 6.07) is 10.1. The number of pyridine rings is 1. The molecule has 3 heterocycles. The van der Waals surface area contributed by atoms with Crippen LogP contribution in [0.2, 0.25) is 0 Å². The van der Waals surface area contributed by atoms with Crippen LogP contribution in [0.3, 0.4) is 0 Å². The fourth-order valence-electron chi connectivity index (χ4n) is 3.28. The van der Waals surface area contributed by atoms with E-state index in [1.807, 2.05) is 11.0 Å². The summed E-state index contributed by atoms with van der Waals surface area (Å²) in [6.07, 6.45) is 3.35. The van der Waals surface area contributed by atoms with Crippen LogP contribution in [0.15, 0.2) is 54.9 Å². The third-order valence-corrected chi connectivity index (χ3v) is 6.71. The Balaban J connectivity index is 1.36. The van der Waals surface area contributed by atoms with Gasteiger partial charge in [0, 0.05) is 37.9 Å². The molecule has 1 fully saturated rings. The zero-order valence-corrected chi connectivity index (χ0v) is 17.3. The molecule has 2 aromatic heterocycles. The third-order valence-electron chi connectivity index (χ3n) is 4.89. The standard InChI is InChI=1S/C20H20F2N6O2S/c21-16-3-4-18(22)15(12-16)14-31(29,30)28-10-8-27(9-11-28)20-6-5-19(25-26-20)24-17-2-1-7-23-13-17/h1-7,12-13H,8-11,14H2,(H,24,25). The van der Waals surface area contributed by atoms with Crippen LogP contribution in [-0.2, 0) is 15.8 Å². The van der Waals surface area contributed by atoms with Crippen molar-refractivity contribution < 1.29 is 17.2 Å². The van der Waals surface area contributed by atoms with Gasteiger partial charge in [-0.1, -0.05) is 0 Å². The molecule has 3 aromatic rings. The molecule has 0 aliphatic carbocycles. The van der Waals surface area contributed by atoms with Crippen LogP contribution in [-0.4, -0.2) is 54.1 Å². The molecule has 8 nitrogen and oxygen atoms in total. The molecule has 0 saturated carbocycles. The molecule has 4 rings (SSSR count). The summed E-state index contributed by atoms with van der Waals surface area (Å²) < 4.78 is 53.8. The molecule has 1 N–H and O–H groups in total. The molecular formula is C20H20F2N6O2S. The number of benzene rings is 1. The van der Waals surface area contributed by atoms with Gasteiger partial charge in [-0.3, -0.25) is 4.98 Å². The summed E-state index contributed by atoms with van der Waals surface area (Å²) in [5.41, 5.74) is 0.614. The van der Waals surface area contributed by atoms with Crippen LogP contribution in [0, 0.1) is 11.6 Å². The number of halogens is 2. The van der Waals surface area contributed by atoms with E-state index < -0.39 is 27.4 Å². The molecule has 0 radical (unpaired) electrons. The Bertz CT molecular complexity index is 1140. The van der Waals surface area contributed by atoms with Crippen molar-refractivity contribution in [2.75, 3.05) is 36.4 Å². The van der Waals surface area contributed by atoms with E-state index in [0.717, 1.165) is 23.9 Å². The number of hydrogen-bond donors (Lipinski definition) is 1. The zero-order valence-electron chi connectivity index (χ0n) is 16.4. The van der Waals surface area contributed by atoms with Crippen molar-refractivity contribution in [3.63, 3.8) is 0 Å². The minimum absolute atomic E-state index is 0.176. The molecule has 0 unspecified atom stereocenters. The Hall–Kier alpha value is -3.18. The van der Waals surface area contributed by atoms with Gasteiger partial charge in [-0.2, -0.15) is 4.31 Å². The molecule has 1 aliphatic rings. The number of hydrogen-bond acceptors (Lipinski definition) is 7. The van der Waals surface area contributed by atoms with Crippen molar-refractivity contribution in [2.45, 2.75) is 5.75 Å². The second kappa shape index (κ2) is 8.90. The van der Waals surface area contributed by atoms with Gasteiger partial charge in [0.05, 0.1) is 17.6 Å². The minimum Gasteiger partial charge on any atom is -0.352 e. The Kier molecular flexibility index (Phi) is 6.05. The minimum atomic E-state index is -3.77. The number of anilines is 3. The highest BCUT2D eigenvalue weighted by Crippen LogP contribution is 2.20. The number of rotatable bonds is 6. The van der Waals surface area contributed by atoms with Gasteiger partial charge in [0.25, 0.3) is 0 Å². The summed E-state index contributed by atoms with van der Waals surface area (Å²) >= 11 is 0. The van der Waals surface area contributed by atoms with Crippen LogP contribution in [0.4, 0.5) is 26.1 Å². The van der Waals surface area contributed by atoms with E-state index in [1.165, 1.54) is 4.31 Å². The second-order valence-electron chi connectivity index (χ2n) is 7.02. The molecule has 1 aliphatic heterocycles. The number of aromatic nitrogens is 3. The van der Waals surface area contributed by atoms with Crippen molar-refractivity contribution in [2.24, 2.45) is 0 Å². The number of nitrogens with one attached hydrogen (secondary N) is 1. The molecule has 31 heavy (non-hydrogen) atoms. The molecule has 162 valence electrons. The lowest BCUT2D eigenvalue weighted by Crippen LogP contribution is -2.49. The van der Waals surface area contributed by atoms with Crippen molar-refractivity contribution in [1.29, 1.82) is 0 Å². The summed E-state index contributed by atoms with van der Waals surface area (Å²) in [5.74, 6) is -0.791. The topological polar surface area (TPSA) is 91.3 Å². The van der Waals surface area contributed by atoms with Gasteiger partial charge in [0.15, 0.2) is 11.6 Å². The molecule has 1 saturated heterocycles. The molecule has 0 amide bonds. The molecule has 0 bridgehead atoms. The van der Waals surface area contributed by atoms with E-state index in [4.69, 9.17) is 0 Å². The van der Waals surface area contributed by atoms with Gasteiger partial charge in [-0.15, -0.1) is 10.2 Å². The smallest absolute Gasteiger partial charge is 0.218 e. The van der Waals surface area contributed by atoms with Crippen LogP contribution in [0.5, 0.6) is 0 Å². The summed E-state index contributed by atoms with van der Waals surface area (Å²) in [5, 5.41) is 11.5. The van der Waals surface area contributed by atoms with E-state index >= 15 is 0 Å². The monoisotopic (exact) mass is 446 g/mol. The lowest BCUT2D eigenvalue weighted by molar-refractivity contribution is 0.382. The maximum Gasteiger partial charge on any atom is 0.218 e. The average Bonchev–Trinajstić information content (AvgIpc) is 2.77. The molecular weight excluding hydrogens is 426 g/mol. The van der Waals surface area contributed by atoms with Gasteiger partial charge < -0.3 is 10.2 Å². The Morgan fingerprint density at radius 1 is 1.00 bits per heavy atom. The Labute approximate surface area is 178 Å². The first-order chi connectivity index (χ1) is 14.9. The summed E-state index contributed by atoms with van der Waals surface area (Å²) in [4.78, 5) is 5.95. The van der Waals surface area contributed by atoms with Crippen LogP contribution in [0.1, 0.15) is 5.56 Å². The third kappa shape index (κ3) is 5.12. The fraction of sp³-hybridized carbons (Fsp3) is 0.250. The highest BCUT2D eigenvalue weighted by molar-refractivity contribution is 7.88. The predicted octanol–water partition coefficient (Wildman–Crippen LogP) is 2.55. The summed E-state index contributed by atoms with van der Waals surface area (Å²) in [7, 11) is -3.77. The van der Waals surface area contributed by atoms with E-state index in [9.17, 15) is 17.2 Å². The van der Waals surface area contributed by atoms with Gasteiger partial charge in [0.2, 0.25) is 10.0 Å². The van der Waals surface area contributed by atoms with Crippen molar-refractivity contribution in [3.8, 4) is 0 Å². The first-order valence-electron chi connectivity index (χ1n) is 9.58. The second-order valence-corrected chi connectivity index (χ2v) is 8.99. The SMILES string of the molecule is O=S(=O)(Cc1cc(F)ccc1F)N1CCN(c2ccc(Nc3cccnc3)nn2)CC1. The van der Waals surface area contributed by atoms with Gasteiger partial charge >= 0.3 is 0 Å². The lowest BCUT2D eigenvalue weighted by Gasteiger charge is -2.34. The van der Waals surface area contributed by atoms with Crippen LogP contribution in [0.25, 0.3) is 0 Å². The lowest BCUT2D eigenvalue weighted by atomic mass is 10.2. The average molecular weight is 446 g/mol. The molecule has 0 atom stereocenters. The van der Waals surface area contributed by atoms with Gasteiger partial charge in [-0.25, -0.2) is 17.2 Å². The Morgan fingerprint density at radius 3 is 2.48 bits per heavy atom. The van der Waals surface area contributed by atoms with E-state index in [2.05, 4.69) is 20.5 Å². The first kappa shape index (κ1) is 21.1. The highest BCUT2D eigenvalue weighted by Gasteiger charge is 2.28. The van der Waals surface area contributed by atoms with Gasteiger partial charge in [0.1, 0.15) is 11.6 Å². The zero-order chi connectivity index (χ0) is 21.8. The van der Waals surface area contributed by atoms with Gasteiger partial charge in [-0.05, 0) is 42.5 Å². The maximum atomic E-state index is 13.8. The van der Waals surface area contributed by atoms with Crippen molar-refractivity contribution >= 4 is 27.3 Å². The molecule has 1 aromatic carbocycles. The Morgan fingerprint density at radius 2 is 1.81 bits per heavy atom. The molecule has 0 spiro atoms. The predicted molar refractivity (Wildman–Crippen MR) is 112 cm³/mol. The fourth-order valence-corrected chi connectivity index (χ4v) is 4.80. The van der Waals surface area contributed by atoms with Crippen LogP contribution >= 0.6 is 0 Å². The van der Waals surface area contributed by atoms with E-state index in [0.29, 0.717) is 24.7 Å². The highest BCUT2D eigenvalue weighted by atomic mass is 32.2. The maximum absolute atomic E-state index is 13.8. The molecule has 11 heteroatoms. The summed E-state index contributed by atoms with van der Waals surface area (Å²) in [6.45, 7) is 1.26. The largest absolute Gasteiger partial charge is 0.352 e. The van der Waals surface area contributed by atoms with Crippen molar-refractivity contribution in [3.05, 3.63) is 72.1 Å². The normalized spacial score (nSPS) is 15.1.